The lowest BCUT2D eigenvalue weighted by Gasteiger charge is -2.34. The van der Waals surface area contributed by atoms with Crippen molar-refractivity contribution < 1.29 is 14.5 Å². The lowest BCUT2D eigenvalue weighted by atomic mass is 10.0. The van der Waals surface area contributed by atoms with Gasteiger partial charge in [-0.1, -0.05) is 18.2 Å². The second-order valence-corrected chi connectivity index (χ2v) is 6.45. The Balaban J connectivity index is 1.67. The molecule has 0 spiro atoms. The molecule has 27 heavy (non-hydrogen) atoms. The summed E-state index contributed by atoms with van der Waals surface area (Å²) in [4.78, 5) is 25.0. The molecule has 2 aromatic rings. The van der Waals surface area contributed by atoms with Gasteiger partial charge in [-0.05, 0) is 44.0 Å². The molecule has 1 aliphatic rings. The Morgan fingerprint density at radius 2 is 1.93 bits per heavy atom. The van der Waals surface area contributed by atoms with Crippen LogP contribution in [-0.2, 0) is 4.74 Å². The zero-order valence-corrected chi connectivity index (χ0v) is 15.3. The van der Waals surface area contributed by atoms with Crippen LogP contribution in [0.15, 0.2) is 48.5 Å². The molecule has 1 saturated heterocycles. The van der Waals surface area contributed by atoms with Crippen LogP contribution in [0.5, 0.6) is 0 Å². The van der Waals surface area contributed by atoms with Gasteiger partial charge in [0.25, 0.3) is 5.69 Å². The van der Waals surface area contributed by atoms with E-state index in [2.05, 4.69) is 22.3 Å². The number of para-hydroxylation sites is 1. The maximum atomic E-state index is 12.1. The largest absolute Gasteiger partial charge is 0.462 e. The van der Waals surface area contributed by atoms with E-state index in [-0.39, 0.29) is 23.9 Å². The molecule has 0 atom stereocenters. The van der Waals surface area contributed by atoms with Crippen LogP contribution in [-0.4, -0.2) is 36.6 Å². The van der Waals surface area contributed by atoms with Crippen LogP contribution >= 0.6 is 0 Å². The molecule has 3 rings (SSSR count). The molecule has 0 radical (unpaired) electrons. The first kappa shape index (κ1) is 18.7. The molecule has 1 fully saturated rings. The maximum Gasteiger partial charge on any atom is 0.345 e. The number of ether oxygens (including phenoxy) is 1. The Kier molecular flexibility index (Phi) is 5.90. The number of nitro groups is 1. The summed E-state index contributed by atoms with van der Waals surface area (Å²) in [7, 11) is 0. The van der Waals surface area contributed by atoms with Gasteiger partial charge in [0.05, 0.1) is 11.5 Å². The molecule has 0 aliphatic carbocycles. The van der Waals surface area contributed by atoms with Gasteiger partial charge in [-0.2, -0.15) is 0 Å². The summed E-state index contributed by atoms with van der Waals surface area (Å²) in [5.74, 6) is -0.674. The van der Waals surface area contributed by atoms with Crippen LogP contribution in [0.4, 0.5) is 17.1 Å². The summed E-state index contributed by atoms with van der Waals surface area (Å²) in [5, 5.41) is 14.6. The minimum absolute atomic E-state index is 0.0198. The summed E-state index contributed by atoms with van der Waals surface area (Å²) >= 11 is 0. The molecular formula is C20H23N3O4. The van der Waals surface area contributed by atoms with Crippen molar-refractivity contribution in [2.24, 2.45) is 0 Å². The van der Waals surface area contributed by atoms with Crippen molar-refractivity contribution in [3.63, 3.8) is 0 Å². The number of carbonyl (C=O) groups excluding carboxylic acids is 1. The van der Waals surface area contributed by atoms with E-state index in [0.717, 1.165) is 25.9 Å². The molecule has 7 heteroatoms. The number of esters is 1. The second-order valence-electron chi connectivity index (χ2n) is 6.45. The zero-order chi connectivity index (χ0) is 19.2. The molecule has 0 aromatic heterocycles. The van der Waals surface area contributed by atoms with Crippen molar-refractivity contribution in [2.45, 2.75) is 25.8 Å². The minimum atomic E-state index is -0.674. The smallest absolute Gasteiger partial charge is 0.345 e. The number of nitro benzene ring substituents is 1. The average Bonchev–Trinajstić information content (AvgIpc) is 2.69. The van der Waals surface area contributed by atoms with E-state index in [4.69, 9.17) is 4.74 Å². The number of rotatable bonds is 6. The van der Waals surface area contributed by atoms with E-state index in [1.54, 1.807) is 13.0 Å². The van der Waals surface area contributed by atoms with E-state index >= 15 is 0 Å². The molecule has 0 bridgehead atoms. The Morgan fingerprint density at radius 3 is 2.56 bits per heavy atom. The SMILES string of the molecule is CCOC(=O)c1cc(NC2CCN(c3ccccc3)CC2)ccc1[N+](=O)[O-]. The highest BCUT2D eigenvalue weighted by atomic mass is 16.6. The third kappa shape index (κ3) is 4.55. The number of anilines is 2. The van der Waals surface area contributed by atoms with Gasteiger partial charge < -0.3 is 15.0 Å². The molecule has 142 valence electrons. The molecule has 2 aromatic carbocycles. The van der Waals surface area contributed by atoms with Gasteiger partial charge in [0, 0.05) is 36.6 Å². The van der Waals surface area contributed by atoms with Crippen LogP contribution < -0.4 is 10.2 Å². The van der Waals surface area contributed by atoms with E-state index in [9.17, 15) is 14.9 Å². The second kappa shape index (κ2) is 8.53. The van der Waals surface area contributed by atoms with Crippen molar-refractivity contribution in [3.05, 3.63) is 64.2 Å². The highest BCUT2D eigenvalue weighted by molar-refractivity contribution is 5.95. The lowest BCUT2D eigenvalue weighted by Crippen LogP contribution is -2.39. The number of nitrogens with one attached hydrogen (secondary N) is 1. The van der Waals surface area contributed by atoms with Crippen molar-refractivity contribution in [1.29, 1.82) is 0 Å². The number of hydrogen-bond donors (Lipinski definition) is 1. The van der Waals surface area contributed by atoms with Crippen LogP contribution in [0.3, 0.4) is 0 Å². The first-order valence-corrected chi connectivity index (χ1v) is 9.10. The lowest BCUT2D eigenvalue weighted by molar-refractivity contribution is -0.385. The molecule has 1 N–H and O–H groups in total. The zero-order valence-electron chi connectivity index (χ0n) is 15.3. The summed E-state index contributed by atoms with van der Waals surface area (Å²) < 4.78 is 4.95. The first-order valence-electron chi connectivity index (χ1n) is 9.10. The third-order valence-corrected chi connectivity index (χ3v) is 4.68. The Hall–Kier alpha value is -3.09. The maximum absolute atomic E-state index is 12.1. The highest BCUT2D eigenvalue weighted by Gasteiger charge is 2.24. The number of hydrogen-bond acceptors (Lipinski definition) is 6. The van der Waals surface area contributed by atoms with E-state index < -0.39 is 10.9 Å². The van der Waals surface area contributed by atoms with Crippen LogP contribution in [0, 0.1) is 10.1 Å². The summed E-state index contributed by atoms with van der Waals surface area (Å²) in [6, 6.07) is 15.1. The van der Waals surface area contributed by atoms with Crippen molar-refractivity contribution in [2.75, 3.05) is 29.9 Å². The van der Waals surface area contributed by atoms with Gasteiger partial charge in [-0.25, -0.2) is 4.79 Å². The van der Waals surface area contributed by atoms with Gasteiger partial charge in [-0.3, -0.25) is 10.1 Å². The van der Waals surface area contributed by atoms with Gasteiger partial charge in [0.2, 0.25) is 0 Å². The molecule has 7 nitrogen and oxygen atoms in total. The fourth-order valence-corrected chi connectivity index (χ4v) is 3.31. The molecule has 0 unspecified atom stereocenters. The molecule has 1 heterocycles. The van der Waals surface area contributed by atoms with Crippen LogP contribution in [0.1, 0.15) is 30.1 Å². The third-order valence-electron chi connectivity index (χ3n) is 4.68. The summed E-state index contributed by atoms with van der Waals surface area (Å²) in [6.07, 6.45) is 1.89. The fourth-order valence-electron chi connectivity index (χ4n) is 3.31. The van der Waals surface area contributed by atoms with Crippen molar-refractivity contribution >= 4 is 23.0 Å². The van der Waals surface area contributed by atoms with E-state index in [1.165, 1.54) is 17.8 Å². The molecule has 1 aliphatic heterocycles. The summed E-state index contributed by atoms with van der Waals surface area (Å²) in [6.45, 7) is 3.71. The number of nitrogens with zero attached hydrogens (tertiary/aromatic N) is 2. The Labute approximate surface area is 158 Å². The Morgan fingerprint density at radius 1 is 1.22 bits per heavy atom. The predicted molar refractivity (Wildman–Crippen MR) is 104 cm³/mol. The standard InChI is InChI=1S/C20H23N3O4/c1-2-27-20(24)18-14-16(8-9-19(18)23(25)26)21-15-10-12-22(13-11-15)17-6-4-3-5-7-17/h3-9,14-15,21H,2,10-13H2,1H3. The fraction of sp³-hybridized carbons (Fsp3) is 0.350. The van der Waals surface area contributed by atoms with Crippen LogP contribution in [0.2, 0.25) is 0 Å². The quantitative estimate of drug-likeness (QED) is 0.473. The summed E-state index contributed by atoms with van der Waals surface area (Å²) in [5.41, 5.74) is 1.66. The van der Waals surface area contributed by atoms with Crippen LogP contribution in [0.25, 0.3) is 0 Å². The predicted octanol–water partition coefficient (Wildman–Crippen LogP) is 3.85. The van der Waals surface area contributed by atoms with E-state index in [0.29, 0.717) is 5.69 Å². The van der Waals surface area contributed by atoms with Gasteiger partial charge >= 0.3 is 5.97 Å². The Bertz CT molecular complexity index is 802. The topological polar surface area (TPSA) is 84.7 Å². The molecule has 0 amide bonds. The molecular weight excluding hydrogens is 346 g/mol. The number of benzene rings is 2. The van der Waals surface area contributed by atoms with E-state index in [1.807, 2.05) is 18.2 Å². The normalized spacial score (nSPS) is 14.6. The number of piperidine rings is 1. The molecule has 0 saturated carbocycles. The van der Waals surface area contributed by atoms with Gasteiger partial charge in [-0.15, -0.1) is 0 Å². The van der Waals surface area contributed by atoms with Gasteiger partial charge in [0.15, 0.2) is 0 Å². The average molecular weight is 369 g/mol. The minimum Gasteiger partial charge on any atom is -0.462 e. The van der Waals surface area contributed by atoms with Crippen molar-refractivity contribution in [1.82, 2.24) is 0 Å². The van der Waals surface area contributed by atoms with Crippen molar-refractivity contribution in [3.8, 4) is 0 Å². The first-order chi connectivity index (χ1) is 13.1. The monoisotopic (exact) mass is 369 g/mol. The van der Waals surface area contributed by atoms with Gasteiger partial charge in [0.1, 0.15) is 5.56 Å². The number of carbonyl (C=O) groups is 1. The highest BCUT2D eigenvalue weighted by Crippen LogP contribution is 2.26.